The van der Waals surface area contributed by atoms with Crippen LogP contribution in [-0.4, -0.2) is 70.7 Å². The summed E-state index contributed by atoms with van der Waals surface area (Å²) < 4.78 is 34.6. The maximum atomic E-state index is 12.7. The molecule has 0 rings (SSSR count). The van der Waals surface area contributed by atoms with Gasteiger partial charge in [0.1, 0.15) is 19.3 Å². The van der Waals surface area contributed by atoms with E-state index in [9.17, 15) is 14.3 Å². The Bertz CT molecular complexity index is 1170. The number of phosphoric ester groups is 1. The molecule has 0 spiro atoms. The highest BCUT2D eigenvalue weighted by atomic mass is 31.2. The van der Waals surface area contributed by atoms with Gasteiger partial charge in [0.15, 0.2) is 0 Å². The lowest BCUT2D eigenvalue weighted by atomic mass is 10.1. The summed E-state index contributed by atoms with van der Waals surface area (Å²) in [6.07, 6.45) is 54.9. The molecule has 8 nitrogen and oxygen atoms in total. The second-order valence-corrected chi connectivity index (χ2v) is 18.1. The van der Waals surface area contributed by atoms with E-state index in [0.717, 1.165) is 89.9 Å². The average Bonchev–Trinajstić information content (AvgIpc) is 3.19. The minimum Gasteiger partial charge on any atom is -0.756 e. The molecule has 0 N–H and O–H groups in total. The number of rotatable bonds is 43. The number of esters is 1. The van der Waals surface area contributed by atoms with Crippen molar-refractivity contribution in [1.29, 1.82) is 0 Å². The Hall–Kier alpha value is -2.06. The van der Waals surface area contributed by atoms with Crippen LogP contribution in [0.1, 0.15) is 181 Å². The van der Waals surface area contributed by atoms with Crippen molar-refractivity contribution in [3.63, 3.8) is 0 Å². The molecule has 0 bridgehead atoms. The quantitative estimate of drug-likeness (QED) is 0.0198. The minimum atomic E-state index is -4.54. The first-order chi connectivity index (χ1) is 28.6. The molecule has 9 heteroatoms. The smallest absolute Gasteiger partial charge is 0.306 e. The Balaban J connectivity index is 4.25. The number of allylic oxidation sites excluding steroid dienone is 12. The van der Waals surface area contributed by atoms with Crippen LogP contribution in [0.25, 0.3) is 0 Å². The second kappa shape index (κ2) is 42.6. The molecule has 0 aromatic rings. The number of ether oxygens (including phenoxy) is 2. The topological polar surface area (TPSA) is 94.1 Å². The molecule has 0 aromatic heterocycles. The summed E-state index contributed by atoms with van der Waals surface area (Å²) >= 11 is 0. The summed E-state index contributed by atoms with van der Waals surface area (Å²) in [5.74, 6) is -0.354. The number of unbranched alkanes of at least 4 members (excludes halogenated alkanes) is 17. The number of hydrogen-bond donors (Lipinski definition) is 0. The van der Waals surface area contributed by atoms with Crippen LogP contribution in [-0.2, 0) is 27.9 Å². The molecule has 0 saturated heterocycles. The molecular formula is C50H90NO7P. The van der Waals surface area contributed by atoms with Crippen LogP contribution in [0.5, 0.6) is 0 Å². The third kappa shape index (κ3) is 46.9. The number of likely N-dealkylation sites (N-methyl/N-ethyl adjacent to an activating group) is 1. The van der Waals surface area contributed by atoms with Crippen LogP contribution in [0.3, 0.4) is 0 Å². The monoisotopic (exact) mass is 848 g/mol. The van der Waals surface area contributed by atoms with Crippen LogP contribution in [0.15, 0.2) is 72.9 Å². The fraction of sp³-hybridized carbons (Fsp3) is 0.740. The van der Waals surface area contributed by atoms with Crippen molar-refractivity contribution >= 4 is 13.8 Å². The molecule has 0 fully saturated rings. The highest BCUT2D eigenvalue weighted by molar-refractivity contribution is 7.45. The molecule has 0 aliphatic carbocycles. The lowest BCUT2D eigenvalue weighted by Gasteiger charge is -2.28. The summed E-state index contributed by atoms with van der Waals surface area (Å²) in [5.41, 5.74) is 0. The SMILES string of the molecule is CC/C=C\C/C=C\C/C=C\CCCCCCCCOCC(COP(=O)([O-])OCC[N+](C)(C)C)OC(=O)CCCCCCCC/C=C\C/C=C\C/C=C\CCCCCCC. The third-order valence-corrected chi connectivity index (χ3v) is 10.7. The fourth-order valence-corrected chi connectivity index (χ4v) is 6.82. The number of carbonyl (C=O) groups is 1. The van der Waals surface area contributed by atoms with Gasteiger partial charge in [-0.05, 0) is 83.5 Å². The molecule has 0 amide bonds. The standard InChI is InChI=1S/C50H90NO7P/c1-6-8-10-12-14-16-18-20-22-24-25-26-27-28-29-31-33-35-37-39-41-43-50(52)58-49(48-57-59(53,54)56-46-44-51(3,4)5)47-55-45-42-40-38-36-34-32-30-23-21-19-17-15-13-11-9-7-2/h9,11,15,17-18,20-21,23-25,27-28,49H,6-8,10,12-14,16,19,22,26,29-48H2,1-5H3/b11-9-,17-15-,20-18-,23-21-,25-24-,28-27-. The zero-order valence-corrected chi connectivity index (χ0v) is 39.6. The molecule has 0 aliphatic rings. The first-order valence-corrected chi connectivity index (χ1v) is 25.1. The first kappa shape index (κ1) is 56.9. The molecule has 0 radical (unpaired) electrons. The summed E-state index contributed by atoms with van der Waals surface area (Å²) in [6.45, 7) is 5.23. The van der Waals surface area contributed by atoms with Crippen LogP contribution in [0, 0.1) is 0 Å². The van der Waals surface area contributed by atoms with Gasteiger partial charge in [-0.1, -0.05) is 164 Å². The zero-order chi connectivity index (χ0) is 43.4. The van der Waals surface area contributed by atoms with E-state index >= 15 is 0 Å². The first-order valence-electron chi connectivity index (χ1n) is 23.7. The fourth-order valence-electron chi connectivity index (χ4n) is 6.10. The molecule has 59 heavy (non-hydrogen) atoms. The number of nitrogens with zero attached hydrogens (tertiary/aromatic N) is 1. The van der Waals surface area contributed by atoms with Crippen LogP contribution < -0.4 is 4.89 Å². The summed E-state index contributed by atoms with van der Waals surface area (Å²) in [6, 6.07) is 0. The molecule has 2 atom stereocenters. The van der Waals surface area contributed by atoms with Gasteiger partial charge in [-0.3, -0.25) is 9.36 Å². The summed E-state index contributed by atoms with van der Waals surface area (Å²) in [5, 5.41) is 0. The van der Waals surface area contributed by atoms with E-state index in [1.54, 1.807) is 0 Å². The molecule has 2 unspecified atom stereocenters. The lowest BCUT2D eigenvalue weighted by Crippen LogP contribution is -2.37. The van der Waals surface area contributed by atoms with Gasteiger partial charge in [-0.2, -0.15) is 0 Å². The van der Waals surface area contributed by atoms with Gasteiger partial charge in [0.2, 0.25) is 0 Å². The van der Waals surface area contributed by atoms with Crippen molar-refractivity contribution in [3.8, 4) is 0 Å². The average molecular weight is 848 g/mol. The Morgan fingerprint density at radius 3 is 1.47 bits per heavy atom. The predicted octanol–water partition coefficient (Wildman–Crippen LogP) is 13.6. The van der Waals surface area contributed by atoms with Crippen molar-refractivity contribution in [2.75, 3.05) is 54.1 Å². The van der Waals surface area contributed by atoms with Crippen molar-refractivity contribution in [2.45, 2.75) is 187 Å². The van der Waals surface area contributed by atoms with Crippen LogP contribution in [0.2, 0.25) is 0 Å². The summed E-state index contributed by atoms with van der Waals surface area (Å²) in [4.78, 5) is 25.1. The minimum absolute atomic E-state index is 0.0168. The van der Waals surface area contributed by atoms with Gasteiger partial charge in [-0.25, -0.2) is 0 Å². The van der Waals surface area contributed by atoms with Gasteiger partial charge >= 0.3 is 5.97 Å². The predicted molar refractivity (Wildman–Crippen MR) is 249 cm³/mol. The Labute approximate surface area is 363 Å². The molecule has 0 aliphatic heterocycles. The largest absolute Gasteiger partial charge is 0.756 e. The maximum absolute atomic E-state index is 12.7. The van der Waals surface area contributed by atoms with Crippen molar-refractivity contribution in [3.05, 3.63) is 72.9 Å². The Morgan fingerprint density at radius 1 is 0.542 bits per heavy atom. The van der Waals surface area contributed by atoms with Crippen molar-refractivity contribution < 1.29 is 37.3 Å². The molecule has 0 aromatic carbocycles. The maximum Gasteiger partial charge on any atom is 0.306 e. The number of carbonyl (C=O) groups excluding carboxylic acids is 1. The molecule has 0 saturated carbocycles. The molecule has 0 heterocycles. The van der Waals surface area contributed by atoms with Gasteiger partial charge in [0.05, 0.1) is 34.4 Å². The second-order valence-electron chi connectivity index (χ2n) is 16.7. The van der Waals surface area contributed by atoms with Crippen LogP contribution >= 0.6 is 7.82 Å². The highest BCUT2D eigenvalue weighted by Gasteiger charge is 2.20. The van der Waals surface area contributed by atoms with E-state index in [-0.39, 0.29) is 25.8 Å². The third-order valence-electron chi connectivity index (χ3n) is 9.74. The van der Waals surface area contributed by atoms with E-state index in [4.69, 9.17) is 18.5 Å². The van der Waals surface area contributed by atoms with Crippen molar-refractivity contribution in [2.24, 2.45) is 0 Å². The highest BCUT2D eigenvalue weighted by Crippen LogP contribution is 2.38. The van der Waals surface area contributed by atoms with E-state index in [0.29, 0.717) is 24.1 Å². The van der Waals surface area contributed by atoms with Gasteiger partial charge in [0, 0.05) is 13.0 Å². The molecule has 342 valence electrons. The van der Waals surface area contributed by atoms with E-state index < -0.39 is 13.9 Å². The van der Waals surface area contributed by atoms with E-state index in [2.05, 4.69) is 86.8 Å². The Kier molecular flexibility index (Phi) is 41.1. The zero-order valence-electron chi connectivity index (χ0n) is 38.7. The number of hydrogen-bond acceptors (Lipinski definition) is 7. The van der Waals surface area contributed by atoms with E-state index in [1.165, 1.54) is 70.6 Å². The van der Waals surface area contributed by atoms with Gasteiger partial charge in [-0.15, -0.1) is 0 Å². The normalized spacial score (nSPS) is 14.3. The number of phosphoric acid groups is 1. The Morgan fingerprint density at radius 2 is 0.983 bits per heavy atom. The van der Waals surface area contributed by atoms with Crippen LogP contribution in [0.4, 0.5) is 0 Å². The number of quaternary nitrogens is 1. The van der Waals surface area contributed by atoms with Gasteiger partial charge in [0.25, 0.3) is 7.82 Å². The van der Waals surface area contributed by atoms with Crippen molar-refractivity contribution in [1.82, 2.24) is 0 Å². The molecular weight excluding hydrogens is 758 g/mol. The lowest BCUT2D eigenvalue weighted by molar-refractivity contribution is -0.870. The summed E-state index contributed by atoms with van der Waals surface area (Å²) in [7, 11) is 1.33. The van der Waals surface area contributed by atoms with Gasteiger partial charge < -0.3 is 27.9 Å². The van der Waals surface area contributed by atoms with E-state index in [1.807, 2.05) is 21.1 Å².